The molecular formula is C60H62F4N2O9. The molecule has 15 heteroatoms. The van der Waals surface area contributed by atoms with E-state index >= 15 is 0 Å². The first-order chi connectivity index (χ1) is 35.7. The molecule has 6 aromatic carbocycles. The van der Waals surface area contributed by atoms with Crippen LogP contribution in [0.25, 0.3) is 0 Å². The third-order valence-electron chi connectivity index (χ3n) is 14.3. The standard InChI is InChI=1S/C60H60F4N2O8.H2O/c1-41(67)43-7-3-9-55(39-43)71-37-5-31-65-33-27-49(28-34-65)59(45-11-19-51(61)20-12-45,46-13-21-52(62)22-14-46)73-57(69)58(70)74-60(47-15-23-53(63)24-16-47,48-17-25-54(64)26-18-48)50-29-35-66(36-30-50)32-6-38-72-56-10-4-8-44(40-56)42(2)68;/h3-4,7-26,39-40,49-50H,5-6,27-38H2,1-2H3;1H2. The first-order valence-corrected chi connectivity index (χ1v) is 25.2. The normalized spacial score (nSPS) is 14.9. The van der Waals surface area contributed by atoms with Crippen molar-refractivity contribution in [2.75, 3.05) is 52.5 Å². The molecule has 0 spiro atoms. The second kappa shape index (κ2) is 25.4. The van der Waals surface area contributed by atoms with Crippen LogP contribution in [0, 0.1) is 35.1 Å². The average molecular weight is 1030 g/mol. The molecule has 8 rings (SSSR count). The van der Waals surface area contributed by atoms with Crippen molar-refractivity contribution in [2.24, 2.45) is 11.8 Å². The summed E-state index contributed by atoms with van der Waals surface area (Å²) in [6.45, 7) is 7.36. The van der Waals surface area contributed by atoms with E-state index in [1.807, 2.05) is 0 Å². The number of ketones is 2. The summed E-state index contributed by atoms with van der Waals surface area (Å²) in [6.07, 6.45) is 3.15. The summed E-state index contributed by atoms with van der Waals surface area (Å²) in [4.78, 5) is 58.1. The lowest BCUT2D eigenvalue weighted by molar-refractivity contribution is -0.191. The lowest BCUT2D eigenvalue weighted by atomic mass is 9.71. The van der Waals surface area contributed by atoms with Crippen molar-refractivity contribution in [2.45, 2.75) is 63.6 Å². The predicted molar refractivity (Wildman–Crippen MR) is 274 cm³/mol. The minimum absolute atomic E-state index is 0. The number of Topliss-reactive ketones (excluding diaryl/α,β-unsaturated/α-hetero) is 2. The zero-order valence-corrected chi connectivity index (χ0v) is 42.1. The Labute approximate surface area is 434 Å². The van der Waals surface area contributed by atoms with Crippen molar-refractivity contribution in [3.05, 3.63) is 202 Å². The summed E-state index contributed by atoms with van der Waals surface area (Å²) in [5, 5.41) is 0. The second-order valence-electron chi connectivity index (χ2n) is 19.1. The molecule has 6 aromatic rings. The first-order valence-electron chi connectivity index (χ1n) is 25.2. The lowest BCUT2D eigenvalue weighted by Gasteiger charge is -2.46. The number of halogens is 4. The zero-order valence-electron chi connectivity index (χ0n) is 42.1. The van der Waals surface area contributed by atoms with E-state index in [1.54, 1.807) is 48.5 Å². The van der Waals surface area contributed by atoms with Gasteiger partial charge in [0.25, 0.3) is 0 Å². The Morgan fingerprint density at radius 1 is 0.467 bits per heavy atom. The zero-order chi connectivity index (χ0) is 52.2. The van der Waals surface area contributed by atoms with Crippen LogP contribution in [-0.2, 0) is 30.3 Å². The number of esters is 2. The van der Waals surface area contributed by atoms with Crippen LogP contribution in [-0.4, -0.2) is 91.3 Å². The van der Waals surface area contributed by atoms with Gasteiger partial charge in [0, 0.05) is 58.3 Å². The van der Waals surface area contributed by atoms with Gasteiger partial charge in [0.05, 0.1) is 13.2 Å². The van der Waals surface area contributed by atoms with Crippen LogP contribution in [0.1, 0.15) is 95.3 Å². The summed E-state index contributed by atoms with van der Waals surface area (Å²) >= 11 is 0. The Hall–Kier alpha value is -7.20. The van der Waals surface area contributed by atoms with Crippen molar-refractivity contribution in [1.82, 2.24) is 9.80 Å². The van der Waals surface area contributed by atoms with Gasteiger partial charge in [-0.3, -0.25) is 9.59 Å². The number of ether oxygens (including phenoxy) is 4. The fourth-order valence-corrected chi connectivity index (χ4v) is 10.5. The average Bonchev–Trinajstić information content (AvgIpc) is 3.42. The van der Waals surface area contributed by atoms with Crippen LogP contribution in [0.15, 0.2) is 146 Å². The van der Waals surface area contributed by atoms with E-state index < -0.39 is 58.2 Å². The molecule has 2 saturated heterocycles. The molecule has 0 bridgehead atoms. The maximum absolute atomic E-state index is 14.9. The highest BCUT2D eigenvalue weighted by molar-refractivity contribution is 6.30. The van der Waals surface area contributed by atoms with Gasteiger partial charge in [0.15, 0.2) is 22.8 Å². The number of rotatable bonds is 20. The van der Waals surface area contributed by atoms with Crippen LogP contribution >= 0.6 is 0 Å². The van der Waals surface area contributed by atoms with E-state index in [0.29, 0.717) is 136 Å². The smallest absolute Gasteiger partial charge is 0.418 e. The molecule has 394 valence electrons. The fraction of sp³-hybridized carbons (Fsp3) is 0.333. The largest absolute Gasteiger partial charge is 0.494 e. The highest BCUT2D eigenvalue weighted by Gasteiger charge is 2.52. The molecule has 2 fully saturated rings. The van der Waals surface area contributed by atoms with E-state index in [0.717, 1.165) is 0 Å². The third kappa shape index (κ3) is 13.4. The lowest BCUT2D eigenvalue weighted by Crippen LogP contribution is -2.50. The fourth-order valence-electron chi connectivity index (χ4n) is 10.5. The summed E-state index contributed by atoms with van der Waals surface area (Å²) in [5.41, 5.74) is -0.927. The summed E-state index contributed by atoms with van der Waals surface area (Å²) in [6, 6.07) is 35.9. The van der Waals surface area contributed by atoms with Gasteiger partial charge in [-0.2, -0.15) is 0 Å². The van der Waals surface area contributed by atoms with Gasteiger partial charge in [-0.05, 0) is 151 Å². The number of nitrogens with zero attached hydrogens (tertiary/aromatic N) is 2. The van der Waals surface area contributed by atoms with Crippen LogP contribution in [0.4, 0.5) is 17.6 Å². The van der Waals surface area contributed by atoms with Gasteiger partial charge in [-0.25, -0.2) is 27.2 Å². The molecule has 0 unspecified atom stereocenters. The summed E-state index contributed by atoms with van der Waals surface area (Å²) in [5.74, 6) is -4.84. The monoisotopic (exact) mass is 1030 g/mol. The van der Waals surface area contributed by atoms with Crippen molar-refractivity contribution in [3.8, 4) is 11.5 Å². The molecule has 0 saturated carbocycles. The molecule has 2 N–H and O–H groups in total. The first kappa shape index (κ1) is 55.5. The van der Waals surface area contributed by atoms with Gasteiger partial charge in [0.1, 0.15) is 34.8 Å². The summed E-state index contributed by atoms with van der Waals surface area (Å²) in [7, 11) is 0. The van der Waals surface area contributed by atoms with Crippen LogP contribution in [0.2, 0.25) is 0 Å². The van der Waals surface area contributed by atoms with Gasteiger partial charge >= 0.3 is 11.9 Å². The van der Waals surface area contributed by atoms with Crippen molar-refractivity contribution in [3.63, 3.8) is 0 Å². The minimum Gasteiger partial charge on any atom is -0.494 e. The van der Waals surface area contributed by atoms with E-state index in [9.17, 15) is 36.7 Å². The van der Waals surface area contributed by atoms with Crippen LogP contribution in [0.3, 0.4) is 0 Å². The Balaban J connectivity index is 0.00000820. The molecule has 0 radical (unpaired) electrons. The number of carbonyl (C=O) groups excluding carboxylic acids is 4. The second-order valence-corrected chi connectivity index (χ2v) is 19.1. The SMILES string of the molecule is CC(=O)c1cccc(OCCCN2CCC(C(OC(=O)C(=O)OC(c3ccc(F)cc3)(c3ccc(F)cc3)C3CCN(CCCOc4cccc(C(C)=O)c4)CC3)(c3ccc(F)cc3)c3ccc(F)cc3)CC2)c1.O. The topological polar surface area (TPSA) is 143 Å². The minimum atomic E-state index is -1.74. The number of hydrogen-bond donors (Lipinski definition) is 0. The molecular weight excluding hydrogens is 969 g/mol. The van der Waals surface area contributed by atoms with Gasteiger partial charge in [-0.15, -0.1) is 0 Å². The van der Waals surface area contributed by atoms with Crippen molar-refractivity contribution < 1.29 is 61.2 Å². The van der Waals surface area contributed by atoms with Gasteiger partial charge < -0.3 is 34.2 Å². The van der Waals surface area contributed by atoms with Gasteiger partial charge in [0.2, 0.25) is 0 Å². The number of hydrogen-bond acceptors (Lipinski definition) is 10. The molecule has 75 heavy (non-hydrogen) atoms. The van der Waals surface area contributed by atoms with E-state index in [-0.39, 0.29) is 17.0 Å². The van der Waals surface area contributed by atoms with Crippen LogP contribution in [0.5, 0.6) is 11.5 Å². The quantitative estimate of drug-likeness (QED) is 0.0238. The Morgan fingerprint density at radius 3 is 1.04 bits per heavy atom. The maximum Gasteiger partial charge on any atom is 0.418 e. The third-order valence-corrected chi connectivity index (χ3v) is 14.3. The van der Waals surface area contributed by atoms with Gasteiger partial charge in [-0.1, -0.05) is 72.8 Å². The molecule has 0 amide bonds. The molecule has 11 nitrogen and oxygen atoms in total. The van der Waals surface area contributed by atoms with E-state index in [4.69, 9.17) is 18.9 Å². The van der Waals surface area contributed by atoms with E-state index in [2.05, 4.69) is 9.80 Å². The molecule has 0 atom stereocenters. The van der Waals surface area contributed by atoms with Crippen molar-refractivity contribution >= 4 is 23.5 Å². The molecule has 0 aromatic heterocycles. The highest BCUT2D eigenvalue weighted by atomic mass is 19.1. The molecule has 0 aliphatic carbocycles. The van der Waals surface area contributed by atoms with Crippen molar-refractivity contribution in [1.29, 1.82) is 0 Å². The number of piperidine rings is 2. The maximum atomic E-state index is 14.9. The molecule has 2 aliphatic rings. The summed E-state index contributed by atoms with van der Waals surface area (Å²) < 4.78 is 84.0. The number of likely N-dealkylation sites (tertiary alicyclic amines) is 2. The Morgan fingerprint density at radius 2 is 0.760 bits per heavy atom. The predicted octanol–water partition coefficient (Wildman–Crippen LogP) is 10.5. The molecule has 2 heterocycles. The van der Waals surface area contributed by atoms with Crippen LogP contribution < -0.4 is 9.47 Å². The number of carbonyl (C=O) groups is 4. The highest BCUT2D eigenvalue weighted by Crippen LogP contribution is 2.48. The number of benzene rings is 6. The Kier molecular flexibility index (Phi) is 18.8. The molecule has 2 aliphatic heterocycles. The van der Waals surface area contributed by atoms with E-state index in [1.165, 1.54) is 111 Å². The Bertz CT molecular complexity index is 2580.